The Morgan fingerprint density at radius 2 is 1.58 bits per heavy atom. The zero-order valence-electron chi connectivity index (χ0n) is 20.1. The van der Waals surface area contributed by atoms with E-state index in [9.17, 15) is 14.4 Å². The van der Waals surface area contributed by atoms with Gasteiger partial charge in [0.2, 0.25) is 11.8 Å². The van der Waals surface area contributed by atoms with Gasteiger partial charge >= 0.3 is 0 Å². The second kappa shape index (κ2) is 10.2. The average Bonchev–Trinajstić information content (AvgIpc) is 3.73. The minimum Gasteiger partial charge on any atom is -0.497 e. The van der Waals surface area contributed by atoms with E-state index in [0.717, 1.165) is 18.4 Å². The summed E-state index contributed by atoms with van der Waals surface area (Å²) < 4.78 is 5.28. The van der Waals surface area contributed by atoms with Crippen molar-refractivity contribution in [2.24, 2.45) is 5.92 Å². The molecular formula is C29H29N3O4. The summed E-state index contributed by atoms with van der Waals surface area (Å²) in [6.07, 6.45) is 2.62. The van der Waals surface area contributed by atoms with Crippen molar-refractivity contribution in [2.45, 2.75) is 37.8 Å². The van der Waals surface area contributed by atoms with Gasteiger partial charge in [0.25, 0.3) is 5.91 Å². The number of methoxy groups -OCH3 is 1. The van der Waals surface area contributed by atoms with Gasteiger partial charge < -0.3 is 20.3 Å². The van der Waals surface area contributed by atoms with Crippen molar-refractivity contribution in [1.29, 1.82) is 0 Å². The molecule has 7 nitrogen and oxygen atoms in total. The number of hydrogen-bond acceptors (Lipinski definition) is 4. The van der Waals surface area contributed by atoms with E-state index in [1.165, 1.54) is 0 Å². The van der Waals surface area contributed by atoms with Crippen molar-refractivity contribution in [1.82, 2.24) is 5.32 Å². The Labute approximate surface area is 210 Å². The van der Waals surface area contributed by atoms with Crippen LogP contribution in [0.2, 0.25) is 0 Å². The average molecular weight is 484 g/mol. The minimum absolute atomic E-state index is 0.0396. The van der Waals surface area contributed by atoms with Crippen LogP contribution in [0, 0.1) is 5.92 Å². The van der Waals surface area contributed by atoms with E-state index in [4.69, 9.17) is 4.74 Å². The second-order valence-corrected chi connectivity index (χ2v) is 9.25. The summed E-state index contributed by atoms with van der Waals surface area (Å²) in [5, 5.41) is 5.99. The SMILES string of the molecule is COc1ccc(N2C(=O)CC[C@@H](C(=O)Nc3ccccc3C(=O)NC3CC3)[C@H]2c2ccccc2)cc1. The lowest BCUT2D eigenvalue weighted by Crippen LogP contribution is -2.47. The van der Waals surface area contributed by atoms with Crippen LogP contribution in [-0.2, 0) is 9.59 Å². The predicted octanol–water partition coefficient (Wildman–Crippen LogP) is 4.71. The molecule has 2 atom stereocenters. The number of nitrogens with one attached hydrogen (secondary N) is 2. The quantitative estimate of drug-likeness (QED) is 0.510. The van der Waals surface area contributed by atoms with E-state index >= 15 is 0 Å². The van der Waals surface area contributed by atoms with E-state index in [1.54, 1.807) is 36.3 Å². The Morgan fingerprint density at radius 3 is 2.28 bits per heavy atom. The lowest BCUT2D eigenvalue weighted by Gasteiger charge is -2.41. The lowest BCUT2D eigenvalue weighted by atomic mass is 9.83. The topological polar surface area (TPSA) is 87.7 Å². The van der Waals surface area contributed by atoms with Crippen LogP contribution in [0.15, 0.2) is 78.9 Å². The molecule has 2 aliphatic rings. The second-order valence-electron chi connectivity index (χ2n) is 9.25. The van der Waals surface area contributed by atoms with E-state index < -0.39 is 12.0 Å². The highest BCUT2D eigenvalue weighted by Crippen LogP contribution is 2.41. The van der Waals surface area contributed by atoms with Gasteiger partial charge in [0.05, 0.1) is 30.3 Å². The predicted molar refractivity (Wildman–Crippen MR) is 138 cm³/mol. The Morgan fingerprint density at radius 1 is 0.889 bits per heavy atom. The maximum Gasteiger partial charge on any atom is 0.253 e. The standard InChI is InChI=1S/C29H29N3O4/c1-36-22-15-13-21(14-16-22)32-26(33)18-17-24(27(32)19-7-3-2-4-8-19)29(35)31-25-10-6-5-9-23(25)28(34)30-20-11-12-20/h2-10,13-16,20,24,27H,11-12,17-18H2,1H3,(H,30,34)(H,31,35)/t24-,27-/m1/s1. The number of ether oxygens (including phenoxy) is 1. The zero-order chi connectivity index (χ0) is 25.1. The van der Waals surface area contributed by atoms with Gasteiger partial charge in [-0.1, -0.05) is 42.5 Å². The van der Waals surface area contributed by atoms with Crippen molar-refractivity contribution in [3.63, 3.8) is 0 Å². The first-order chi connectivity index (χ1) is 17.5. The summed E-state index contributed by atoms with van der Waals surface area (Å²) in [6, 6.07) is 23.7. The molecule has 36 heavy (non-hydrogen) atoms. The van der Waals surface area contributed by atoms with Gasteiger partial charge in [0.15, 0.2) is 0 Å². The molecule has 3 aromatic rings. The number of carbonyl (C=O) groups excluding carboxylic acids is 3. The largest absolute Gasteiger partial charge is 0.497 e. The fourth-order valence-electron chi connectivity index (χ4n) is 4.75. The molecule has 184 valence electrons. The van der Waals surface area contributed by atoms with Crippen molar-refractivity contribution >= 4 is 29.1 Å². The normalized spacial score (nSPS) is 19.5. The first kappa shape index (κ1) is 23.6. The molecule has 2 fully saturated rings. The van der Waals surface area contributed by atoms with Crippen LogP contribution in [0.25, 0.3) is 0 Å². The first-order valence-corrected chi connectivity index (χ1v) is 12.3. The van der Waals surface area contributed by atoms with E-state index in [0.29, 0.717) is 29.1 Å². The van der Waals surface area contributed by atoms with Gasteiger partial charge in [-0.05, 0) is 61.2 Å². The van der Waals surface area contributed by atoms with Crippen molar-refractivity contribution < 1.29 is 19.1 Å². The number of carbonyl (C=O) groups is 3. The van der Waals surface area contributed by atoms with Crippen LogP contribution >= 0.6 is 0 Å². The summed E-state index contributed by atoms with van der Waals surface area (Å²) in [4.78, 5) is 41.4. The number of amides is 3. The summed E-state index contributed by atoms with van der Waals surface area (Å²) in [5.41, 5.74) is 2.49. The Kier molecular flexibility index (Phi) is 6.71. The molecule has 1 saturated heterocycles. The minimum atomic E-state index is -0.508. The lowest BCUT2D eigenvalue weighted by molar-refractivity contribution is -0.125. The number of para-hydroxylation sites is 1. The Hall–Kier alpha value is -4.13. The Bertz CT molecular complexity index is 1260. The van der Waals surface area contributed by atoms with Gasteiger partial charge in [-0.3, -0.25) is 14.4 Å². The molecule has 1 aliphatic heterocycles. The van der Waals surface area contributed by atoms with Crippen LogP contribution in [0.4, 0.5) is 11.4 Å². The molecule has 3 amide bonds. The molecule has 7 heteroatoms. The number of nitrogens with zero attached hydrogens (tertiary/aromatic N) is 1. The monoisotopic (exact) mass is 483 g/mol. The highest BCUT2D eigenvalue weighted by atomic mass is 16.5. The van der Waals surface area contributed by atoms with Gasteiger partial charge in [-0.15, -0.1) is 0 Å². The molecule has 0 spiro atoms. The third-order valence-corrected chi connectivity index (χ3v) is 6.77. The summed E-state index contributed by atoms with van der Waals surface area (Å²) in [5.74, 6) is -0.267. The van der Waals surface area contributed by atoms with Crippen molar-refractivity contribution in [3.05, 3.63) is 90.0 Å². The van der Waals surface area contributed by atoms with Crippen LogP contribution in [0.3, 0.4) is 0 Å². The molecule has 3 aromatic carbocycles. The number of anilines is 2. The number of hydrogen-bond donors (Lipinski definition) is 2. The van der Waals surface area contributed by atoms with Gasteiger partial charge in [0, 0.05) is 18.2 Å². The van der Waals surface area contributed by atoms with Crippen LogP contribution in [0.5, 0.6) is 5.75 Å². The van der Waals surface area contributed by atoms with E-state index in [2.05, 4.69) is 10.6 Å². The third-order valence-electron chi connectivity index (χ3n) is 6.77. The molecule has 2 N–H and O–H groups in total. The van der Waals surface area contributed by atoms with Crippen molar-refractivity contribution in [2.75, 3.05) is 17.3 Å². The van der Waals surface area contributed by atoms with Gasteiger partial charge in [0.1, 0.15) is 5.75 Å². The summed E-state index contributed by atoms with van der Waals surface area (Å²) in [6.45, 7) is 0. The number of piperidine rings is 1. The van der Waals surface area contributed by atoms with Crippen LogP contribution in [-0.4, -0.2) is 30.9 Å². The molecule has 0 aromatic heterocycles. The number of benzene rings is 3. The molecule has 1 saturated carbocycles. The fraction of sp³-hybridized carbons (Fsp3) is 0.276. The van der Waals surface area contributed by atoms with Gasteiger partial charge in [-0.2, -0.15) is 0 Å². The third kappa shape index (κ3) is 4.96. The maximum atomic E-state index is 13.7. The molecule has 1 aliphatic carbocycles. The number of rotatable bonds is 7. The maximum absolute atomic E-state index is 13.7. The summed E-state index contributed by atoms with van der Waals surface area (Å²) in [7, 11) is 1.59. The van der Waals surface area contributed by atoms with Crippen LogP contribution < -0.4 is 20.3 Å². The highest BCUT2D eigenvalue weighted by molar-refractivity contribution is 6.05. The molecule has 5 rings (SSSR count). The van der Waals surface area contributed by atoms with E-state index in [-0.39, 0.29) is 30.2 Å². The highest BCUT2D eigenvalue weighted by Gasteiger charge is 2.41. The fourth-order valence-corrected chi connectivity index (χ4v) is 4.75. The first-order valence-electron chi connectivity index (χ1n) is 12.3. The molecule has 0 unspecified atom stereocenters. The molecular weight excluding hydrogens is 454 g/mol. The van der Waals surface area contributed by atoms with E-state index in [1.807, 2.05) is 54.6 Å². The van der Waals surface area contributed by atoms with Crippen LogP contribution in [0.1, 0.15) is 47.6 Å². The molecule has 0 radical (unpaired) electrons. The van der Waals surface area contributed by atoms with Gasteiger partial charge in [-0.25, -0.2) is 0 Å². The Balaban J connectivity index is 1.47. The van der Waals surface area contributed by atoms with Crippen molar-refractivity contribution in [3.8, 4) is 5.75 Å². The smallest absolute Gasteiger partial charge is 0.253 e. The molecule has 0 bridgehead atoms. The zero-order valence-corrected chi connectivity index (χ0v) is 20.1. The summed E-state index contributed by atoms with van der Waals surface area (Å²) >= 11 is 0. The molecule has 1 heterocycles.